The molecule has 1 aliphatic heterocycles. The molecule has 1 aliphatic rings. The topological polar surface area (TPSA) is 76.1 Å². The molecule has 2 rings (SSSR count). The molecule has 0 fully saturated rings. The molecule has 6 nitrogen and oxygen atoms in total. The lowest BCUT2D eigenvalue weighted by Gasteiger charge is -2.36. The van der Waals surface area contributed by atoms with Crippen molar-refractivity contribution in [1.29, 1.82) is 0 Å². The van der Waals surface area contributed by atoms with Crippen molar-refractivity contribution < 1.29 is 23.9 Å². The number of aryl methyl sites for hydroxylation is 1. The van der Waals surface area contributed by atoms with E-state index in [4.69, 9.17) is 9.16 Å². The predicted octanol–water partition coefficient (Wildman–Crippen LogP) is 6.12. The molecular weight excluding hydrogens is 434 g/mol. The number of carboxylic acids is 1. The molecule has 0 aromatic heterocycles. The fourth-order valence-corrected chi connectivity index (χ4v) is 4.54. The Morgan fingerprint density at radius 2 is 1.67 bits per heavy atom. The summed E-state index contributed by atoms with van der Waals surface area (Å²) in [7, 11) is -1.72. The Bertz CT molecular complexity index is 875. The van der Waals surface area contributed by atoms with Gasteiger partial charge in [0.25, 0.3) is 0 Å². The van der Waals surface area contributed by atoms with Crippen LogP contribution in [0.2, 0.25) is 18.1 Å². The Labute approximate surface area is 200 Å². The van der Waals surface area contributed by atoms with Gasteiger partial charge in [-0.25, -0.2) is 9.59 Å². The van der Waals surface area contributed by atoms with Crippen LogP contribution in [-0.4, -0.2) is 55.7 Å². The molecule has 0 aliphatic carbocycles. The van der Waals surface area contributed by atoms with Crippen molar-refractivity contribution in [3.63, 3.8) is 0 Å². The minimum atomic E-state index is -1.72. The highest BCUT2D eigenvalue weighted by atomic mass is 28.4. The third kappa shape index (κ3) is 7.71. The number of amides is 1. The first-order valence-corrected chi connectivity index (χ1v) is 14.7. The lowest BCUT2D eigenvalue weighted by molar-refractivity contribution is -0.132. The molecule has 0 unspecified atom stereocenters. The smallest absolute Gasteiger partial charge is 0.410 e. The molecule has 1 aromatic rings. The number of hydrogen-bond acceptors (Lipinski definition) is 4. The Hall–Kier alpha value is -2.12. The van der Waals surface area contributed by atoms with Crippen molar-refractivity contribution in [2.75, 3.05) is 19.7 Å². The SMILES string of the molecule is CC(C)(C)OC(=O)N1CCC(c2ccc(CCCO[Si](C)(C)C(C)(C)C)cc2)=C(C(=O)O)C1. The van der Waals surface area contributed by atoms with E-state index in [0.29, 0.717) is 13.0 Å². The molecule has 0 atom stereocenters. The number of ether oxygens (including phenoxy) is 1. The second kappa shape index (κ2) is 10.4. The molecule has 1 N–H and O–H groups in total. The number of aliphatic carboxylic acids is 1. The van der Waals surface area contributed by atoms with E-state index in [1.54, 1.807) is 20.8 Å². The van der Waals surface area contributed by atoms with Gasteiger partial charge in [-0.05, 0) is 74.9 Å². The van der Waals surface area contributed by atoms with Crippen molar-refractivity contribution in [3.8, 4) is 0 Å². The maximum absolute atomic E-state index is 12.4. The lowest BCUT2D eigenvalue weighted by Crippen LogP contribution is -2.41. The predicted molar refractivity (Wildman–Crippen MR) is 135 cm³/mol. The standard InChI is InChI=1S/C26H41NO5Si/c1-25(2,3)32-24(30)27-16-15-21(22(18-27)23(28)29)20-13-11-19(12-14-20)10-9-17-31-33(7,8)26(4,5)6/h11-14H,9-10,15-18H2,1-8H3,(H,28,29). The van der Waals surface area contributed by atoms with Crippen LogP contribution in [0, 0.1) is 0 Å². The molecule has 1 amide bonds. The monoisotopic (exact) mass is 475 g/mol. The molecular formula is C26H41NO5Si. The van der Waals surface area contributed by atoms with Crippen molar-refractivity contribution in [3.05, 3.63) is 41.0 Å². The number of nitrogens with zero attached hydrogens (tertiary/aromatic N) is 1. The second-order valence-electron chi connectivity index (χ2n) is 11.3. The minimum absolute atomic E-state index is 0.0477. The highest BCUT2D eigenvalue weighted by Crippen LogP contribution is 2.36. The van der Waals surface area contributed by atoms with Gasteiger partial charge in [0.2, 0.25) is 0 Å². The van der Waals surface area contributed by atoms with Gasteiger partial charge in [-0.2, -0.15) is 0 Å². The molecule has 1 heterocycles. The van der Waals surface area contributed by atoms with E-state index >= 15 is 0 Å². The number of carbonyl (C=O) groups is 2. The van der Waals surface area contributed by atoms with E-state index < -0.39 is 26.0 Å². The molecule has 33 heavy (non-hydrogen) atoms. The van der Waals surface area contributed by atoms with Crippen molar-refractivity contribution in [1.82, 2.24) is 4.90 Å². The van der Waals surface area contributed by atoms with E-state index in [-0.39, 0.29) is 17.2 Å². The number of carbonyl (C=O) groups excluding carboxylic acids is 1. The first-order chi connectivity index (χ1) is 15.1. The zero-order valence-electron chi connectivity index (χ0n) is 21.6. The largest absolute Gasteiger partial charge is 0.478 e. The quantitative estimate of drug-likeness (QED) is 0.380. The Morgan fingerprint density at radius 1 is 1.06 bits per heavy atom. The number of rotatable bonds is 7. The number of carboxylic acid groups (broad SMARTS) is 1. The van der Waals surface area contributed by atoms with Crippen LogP contribution in [0.15, 0.2) is 29.8 Å². The number of benzene rings is 1. The second-order valence-corrected chi connectivity index (χ2v) is 16.1. The normalized spacial score (nSPS) is 15.6. The molecule has 0 saturated carbocycles. The summed E-state index contributed by atoms with van der Waals surface area (Å²) in [6, 6.07) is 8.11. The van der Waals surface area contributed by atoms with Crippen LogP contribution in [-0.2, 0) is 20.4 Å². The van der Waals surface area contributed by atoms with Gasteiger partial charge in [0.15, 0.2) is 8.32 Å². The average Bonchev–Trinajstić information content (AvgIpc) is 2.69. The fraction of sp³-hybridized carbons (Fsp3) is 0.615. The van der Waals surface area contributed by atoms with Gasteiger partial charge in [-0.3, -0.25) is 0 Å². The molecule has 7 heteroatoms. The van der Waals surface area contributed by atoms with Crippen LogP contribution in [0.4, 0.5) is 4.79 Å². The van der Waals surface area contributed by atoms with Crippen molar-refractivity contribution >= 4 is 26.0 Å². The summed E-state index contributed by atoms with van der Waals surface area (Å²) in [5, 5.41) is 9.99. The minimum Gasteiger partial charge on any atom is -0.478 e. The summed E-state index contributed by atoms with van der Waals surface area (Å²) in [5.74, 6) is -0.995. The molecule has 0 bridgehead atoms. The van der Waals surface area contributed by atoms with Gasteiger partial charge in [-0.15, -0.1) is 0 Å². The summed E-state index contributed by atoms with van der Waals surface area (Å²) >= 11 is 0. The van der Waals surface area contributed by atoms with Gasteiger partial charge < -0.3 is 19.2 Å². The van der Waals surface area contributed by atoms with E-state index in [0.717, 1.165) is 30.6 Å². The molecule has 0 saturated heterocycles. The Balaban J connectivity index is 2.03. The summed E-state index contributed by atoms with van der Waals surface area (Å²) < 4.78 is 11.7. The van der Waals surface area contributed by atoms with E-state index in [1.807, 2.05) is 12.1 Å². The first-order valence-electron chi connectivity index (χ1n) is 11.8. The summed E-state index contributed by atoms with van der Waals surface area (Å²) in [5.41, 5.74) is 2.53. The maximum atomic E-state index is 12.4. The maximum Gasteiger partial charge on any atom is 0.410 e. The fourth-order valence-electron chi connectivity index (χ4n) is 3.45. The van der Waals surface area contributed by atoms with Crippen LogP contribution >= 0.6 is 0 Å². The molecule has 184 valence electrons. The van der Waals surface area contributed by atoms with E-state index in [1.165, 1.54) is 10.5 Å². The molecule has 1 aromatic carbocycles. The van der Waals surface area contributed by atoms with Crippen LogP contribution in [0.3, 0.4) is 0 Å². The zero-order chi connectivity index (χ0) is 25.0. The van der Waals surface area contributed by atoms with Gasteiger partial charge in [0.05, 0.1) is 12.1 Å². The van der Waals surface area contributed by atoms with Crippen LogP contribution in [0.25, 0.3) is 5.57 Å². The van der Waals surface area contributed by atoms with Crippen molar-refractivity contribution in [2.24, 2.45) is 0 Å². The van der Waals surface area contributed by atoms with Crippen LogP contribution in [0.1, 0.15) is 65.5 Å². The van der Waals surface area contributed by atoms with E-state index in [2.05, 4.69) is 46.0 Å². The van der Waals surface area contributed by atoms with Crippen LogP contribution in [0.5, 0.6) is 0 Å². The lowest BCUT2D eigenvalue weighted by atomic mass is 9.92. The van der Waals surface area contributed by atoms with E-state index in [9.17, 15) is 14.7 Å². The zero-order valence-corrected chi connectivity index (χ0v) is 22.6. The van der Waals surface area contributed by atoms with Gasteiger partial charge in [0.1, 0.15) is 5.60 Å². The van der Waals surface area contributed by atoms with Gasteiger partial charge >= 0.3 is 12.1 Å². The summed E-state index contributed by atoms with van der Waals surface area (Å²) in [6.07, 6.45) is 1.89. The van der Waals surface area contributed by atoms with Gasteiger partial charge in [-0.1, -0.05) is 45.0 Å². The molecule has 0 radical (unpaired) electrons. The van der Waals surface area contributed by atoms with Gasteiger partial charge in [0, 0.05) is 13.2 Å². The molecule has 0 spiro atoms. The highest BCUT2D eigenvalue weighted by Gasteiger charge is 2.36. The van der Waals surface area contributed by atoms with Crippen molar-refractivity contribution in [2.45, 2.75) is 84.5 Å². The number of hydrogen-bond donors (Lipinski definition) is 1. The highest BCUT2D eigenvalue weighted by molar-refractivity contribution is 6.74. The summed E-state index contributed by atoms with van der Waals surface area (Å²) in [6.45, 7) is 17.9. The summed E-state index contributed by atoms with van der Waals surface area (Å²) in [4.78, 5) is 25.8. The Kier molecular flexibility index (Phi) is 8.57. The third-order valence-corrected chi connectivity index (χ3v) is 11.0. The first kappa shape index (κ1) is 27.1. The third-order valence-electron chi connectivity index (χ3n) is 6.44. The average molecular weight is 476 g/mol. The van der Waals surface area contributed by atoms with Crippen LogP contribution < -0.4 is 0 Å². The Morgan fingerprint density at radius 3 is 2.18 bits per heavy atom.